The van der Waals surface area contributed by atoms with Gasteiger partial charge in [0, 0.05) is 45.4 Å². The highest BCUT2D eigenvalue weighted by molar-refractivity contribution is 5.35. The highest BCUT2D eigenvalue weighted by Crippen LogP contribution is 2.87. The lowest BCUT2D eigenvalue weighted by Gasteiger charge is -2.63. The van der Waals surface area contributed by atoms with Gasteiger partial charge in [0.15, 0.2) is 6.29 Å². The molecule has 9 nitrogen and oxygen atoms in total. The summed E-state index contributed by atoms with van der Waals surface area (Å²) in [6.45, 7) is 20.2. The van der Waals surface area contributed by atoms with Gasteiger partial charge in [0.25, 0.3) is 0 Å². The number of fused-ring (bicyclic) bond motifs is 4. The molecule has 3 saturated heterocycles. The highest BCUT2D eigenvalue weighted by atomic mass is 19.1. The maximum Gasteiger partial charge on any atom is 0.170 e. The lowest BCUT2D eigenvalue weighted by Crippen LogP contribution is -2.70. The minimum atomic E-state index is -1.05. The second kappa shape index (κ2) is 12.3. The number of nitrogens with zero attached hydrogens (tertiary/aromatic N) is 2. The number of alkyl halides is 1. The van der Waals surface area contributed by atoms with Gasteiger partial charge in [-0.1, -0.05) is 27.7 Å². The molecule has 0 bridgehead atoms. The first-order chi connectivity index (χ1) is 23.6. The molecule has 5 saturated carbocycles. The molecule has 3 aliphatic heterocycles. The summed E-state index contributed by atoms with van der Waals surface area (Å²) in [5.41, 5.74) is 6.28. The Kier molecular flexibility index (Phi) is 8.98. The summed E-state index contributed by atoms with van der Waals surface area (Å²) in [4.78, 5) is 4.69. The van der Waals surface area contributed by atoms with Gasteiger partial charge in [-0.15, -0.1) is 0 Å². The molecule has 3 unspecified atom stereocenters. The molecule has 0 amide bonds. The normalized spacial score (nSPS) is 51.1. The fourth-order valence-electron chi connectivity index (χ4n) is 14.6. The van der Waals surface area contributed by atoms with E-state index in [1.807, 2.05) is 6.92 Å². The van der Waals surface area contributed by atoms with Crippen molar-refractivity contribution in [3.63, 3.8) is 0 Å². The number of hydrogen-bond acceptors (Lipinski definition) is 9. The quantitative estimate of drug-likeness (QED) is 0.323. The Morgan fingerprint density at radius 3 is 2.46 bits per heavy atom. The Balaban J connectivity index is 0.988. The van der Waals surface area contributed by atoms with E-state index < -0.39 is 23.3 Å². The number of aliphatic hydroxyl groups excluding tert-OH is 1. The summed E-state index contributed by atoms with van der Waals surface area (Å²) in [6.07, 6.45) is 6.66. The molecular weight excluding hydrogens is 637 g/mol. The zero-order valence-electron chi connectivity index (χ0n) is 32.0. The second-order valence-electron chi connectivity index (χ2n) is 19.8. The number of rotatable bonds is 9. The smallest absolute Gasteiger partial charge is 0.170 e. The van der Waals surface area contributed by atoms with Gasteiger partial charge in [-0.2, -0.15) is 0 Å². The number of nitrogens with two attached hydrogens (primary N) is 1. The zero-order valence-corrected chi connectivity index (χ0v) is 32.0. The van der Waals surface area contributed by atoms with E-state index >= 15 is 0 Å². The van der Waals surface area contributed by atoms with Gasteiger partial charge in [0.2, 0.25) is 0 Å². The van der Waals surface area contributed by atoms with Gasteiger partial charge in [-0.3, -0.25) is 9.80 Å². The molecule has 0 aromatic rings. The van der Waals surface area contributed by atoms with Crippen LogP contribution in [0.15, 0.2) is 0 Å². The standard InChI is InChI=1S/C40H68FN3O6/c1-8-47-34(36(5,6)46)26-19-24(2)31-32(49-26)33(45)40(42)28-10-9-27-35(3,4)29(11-12-38(27)23-39(28,38)14-13-37(31,40)7)50-30-22-44(17-18-48-30)25-20-43(21-25)16-15-41/h24-34,45-46H,8-23,42H2,1-7H3/t24-,26?,27+,28?,29+,30+,31+,32?,33+,34+,37-,38-,39+,40+/m1/s1. The van der Waals surface area contributed by atoms with Crippen molar-refractivity contribution < 1.29 is 33.6 Å². The predicted molar refractivity (Wildman–Crippen MR) is 189 cm³/mol. The third kappa shape index (κ3) is 5.01. The molecule has 50 heavy (non-hydrogen) atoms. The summed E-state index contributed by atoms with van der Waals surface area (Å²) >= 11 is 0. The third-order valence-electron chi connectivity index (χ3n) is 16.9. The average Bonchev–Trinajstić information content (AvgIpc) is 3.67. The number of aliphatic hydroxyl groups is 2. The van der Waals surface area contributed by atoms with Crippen molar-refractivity contribution >= 4 is 0 Å². The summed E-state index contributed by atoms with van der Waals surface area (Å²) in [7, 11) is 0. The molecule has 10 heteroatoms. The SMILES string of the molecule is CCO[C@@H](C1C[C@@H](C)[C@H]2C(O1)[C@H](O)[C@@]1(N)C3CC[C@H]4C(C)(C)[C@@H](O[C@H]5CN(C6CN(CCF)C6)CCO5)CC[C@@]45C[C@@]35CC[C@]21C)C(C)(C)O. The van der Waals surface area contributed by atoms with Crippen LogP contribution in [0.1, 0.15) is 99.8 Å². The Morgan fingerprint density at radius 2 is 1.76 bits per heavy atom. The lowest BCUT2D eigenvalue weighted by molar-refractivity contribution is -0.251. The molecule has 2 spiro atoms. The molecule has 0 aromatic heterocycles. The summed E-state index contributed by atoms with van der Waals surface area (Å²) in [5, 5.41) is 23.6. The van der Waals surface area contributed by atoms with Gasteiger partial charge in [0.05, 0.1) is 42.2 Å². The van der Waals surface area contributed by atoms with Gasteiger partial charge in [-0.05, 0) is 117 Å². The van der Waals surface area contributed by atoms with Gasteiger partial charge in [-0.25, -0.2) is 4.39 Å². The fraction of sp³-hybridized carbons (Fsp3) is 1.00. The van der Waals surface area contributed by atoms with Crippen molar-refractivity contribution in [2.24, 2.45) is 51.1 Å². The van der Waals surface area contributed by atoms with Crippen LogP contribution in [0.5, 0.6) is 0 Å². The maximum absolute atomic E-state index is 12.8. The molecule has 286 valence electrons. The van der Waals surface area contributed by atoms with Crippen molar-refractivity contribution in [2.45, 2.75) is 154 Å². The minimum absolute atomic E-state index is 0.00772. The summed E-state index contributed by atoms with van der Waals surface area (Å²) < 4.78 is 39.0. The fourth-order valence-corrected chi connectivity index (χ4v) is 14.6. The third-order valence-corrected chi connectivity index (χ3v) is 16.9. The number of ether oxygens (including phenoxy) is 4. The second-order valence-corrected chi connectivity index (χ2v) is 19.8. The number of morpholine rings is 1. The van der Waals surface area contributed by atoms with Crippen LogP contribution in [0.2, 0.25) is 0 Å². The van der Waals surface area contributed by atoms with Gasteiger partial charge >= 0.3 is 0 Å². The van der Waals surface area contributed by atoms with E-state index in [1.165, 1.54) is 12.8 Å². The van der Waals surface area contributed by atoms with Crippen LogP contribution in [0.25, 0.3) is 0 Å². The summed E-state index contributed by atoms with van der Waals surface area (Å²) in [5.74, 6) is 1.29. The molecule has 8 rings (SSSR count). The molecule has 0 radical (unpaired) electrons. The van der Waals surface area contributed by atoms with Crippen molar-refractivity contribution in [1.82, 2.24) is 9.80 Å². The van der Waals surface area contributed by atoms with E-state index in [4.69, 9.17) is 24.7 Å². The Bertz CT molecular complexity index is 1280. The van der Waals surface area contributed by atoms with Crippen molar-refractivity contribution in [2.75, 3.05) is 52.6 Å². The number of likely N-dealkylation sites (tertiary alicyclic amines) is 1. The monoisotopic (exact) mass is 706 g/mol. The first-order valence-corrected chi connectivity index (χ1v) is 20.3. The molecule has 8 fully saturated rings. The van der Waals surface area contributed by atoms with Crippen molar-refractivity contribution in [3.05, 3.63) is 0 Å². The topological polar surface area (TPSA) is 110 Å². The summed E-state index contributed by atoms with van der Waals surface area (Å²) in [6, 6.07) is 0.475. The van der Waals surface area contributed by atoms with Crippen LogP contribution in [-0.2, 0) is 18.9 Å². The predicted octanol–water partition coefficient (Wildman–Crippen LogP) is 4.36. The van der Waals surface area contributed by atoms with E-state index in [0.717, 1.165) is 64.7 Å². The van der Waals surface area contributed by atoms with E-state index in [1.54, 1.807) is 13.8 Å². The average molecular weight is 706 g/mol. The lowest BCUT2D eigenvalue weighted by atomic mass is 9.43. The molecule has 4 N–H and O–H groups in total. The molecule has 5 aliphatic carbocycles. The highest BCUT2D eigenvalue weighted by Gasteiger charge is 2.85. The molecule has 8 aliphatic rings. The van der Waals surface area contributed by atoms with Crippen LogP contribution in [0.4, 0.5) is 4.39 Å². The van der Waals surface area contributed by atoms with E-state index in [-0.39, 0.29) is 64.8 Å². The zero-order chi connectivity index (χ0) is 35.6. The molecule has 3 heterocycles. The Hall–Kier alpha value is -0.430. The molecule has 14 atom stereocenters. The van der Waals surface area contributed by atoms with Crippen LogP contribution in [0.3, 0.4) is 0 Å². The van der Waals surface area contributed by atoms with E-state index in [2.05, 4.69) is 37.5 Å². The number of halogens is 1. The molecular formula is C40H68FN3O6. The minimum Gasteiger partial charge on any atom is -0.388 e. The van der Waals surface area contributed by atoms with Gasteiger partial charge in [0.1, 0.15) is 12.8 Å². The van der Waals surface area contributed by atoms with Crippen molar-refractivity contribution in [3.8, 4) is 0 Å². The van der Waals surface area contributed by atoms with E-state index in [0.29, 0.717) is 37.6 Å². The Labute approximate surface area is 300 Å². The molecule has 0 aromatic carbocycles. The van der Waals surface area contributed by atoms with E-state index in [9.17, 15) is 14.6 Å². The van der Waals surface area contributed by atoms with Crippen LogP contribution in [-0.4, -0.2) is 127 Å². The van der Waals surface area contributed by atoms with Crippen molar-refractivity contribution in [1.29, 1.82) is 0 Å². The van der Waals surface area contributed by atoms with Crippen LogP contribution >= 0.6 is 0 Å². The Morgan fingerprint density at radius 1 is 1.04 bits per heavy atom. The van der Waals surface area contributed by atoms with Crippen LogP contribution < -0.4 is 5.73 Å². The first kappa shape index (κ1) is 36.5. The largest absolute Gasteiger partial charge is 0.388 e. The van der Waals surface area contributed by atoms with Crippen LogP contribution in [0, 0.1) is 45.3 Å². The van der Waals surface area contributed by atoms with Gasteiger partial charge < -0.3 is 34.9 Å². The number of hydrogen-bond donors (Lipinski definition) is 3. The maximum atomic E-state index is 12.8. The first-order valence-electron chi connectivity index (χ1n) is 20.3.